The van der Waals surface area contributed by atoms with Crippen LogP contribution in [-0.2, 0) is 22.6 Å². The van der Waals surface area contributed by atoms with Crippen LogP contribution >= 0.6 is 34.5 Å². The lowest BCUT2D eigenvalue weighted by Gasteiger charge is -2.06. The van der Waals surface area contributed by atoms with Gasteiger partial charge in [0.25, 0.3) is 0 Å². The van der Waals surface area contributed by atoms with Crippen molar-refractivity contribution in [3.63, 3.8) is 0 Å². The number of benzene rings is 2. The number of thiazole rings is 1. The number of carbonyl (C=O) groups is 2. The first kappa shape index (κ1) is 20.3. The molecule has 5 nitrogen and oxygen atoms in total. The molecule has 0 radical (unpaired) electrons. The van der Waals surface area contributed by atoms with E-state index in [0.29, 0.717) is 27.3 Å². The molecular weight excluding hydrogens is 417 g/mol. The molecular formula is C20H17Cl2N3O2S. The van der Waals surface area contributed by atoms with Crippen molar-refractivity contribution in [1.29, 1.82) is 0 Å². The lowest BCUT2D eigenvalue weighted by molar-refractivity contribution is -0.119. The van der Waals surface area contributed by atoms with Gasteiger partial charge < -0.3 is 10.6 Å². The zero-order valence-corrected chi connectivity index (χ0v) is 17.3. The second-order valence-corrected chi connectivity index (χ2v) is 7.74. The summed E-state index contributed by atoms with van der Waals surface area (Å²) >= 11 is 13.6. The van der Waals surface area contributed by atoms with Crippen molar-refractivity contribution in [2.45, 2.75) is 19.9 Å². The third-order valence-corrected chi connectivity index (χ3v) is 5.41. The largest absolute Gasteiger partial charge is 0.352 e. The van der Waals surface area contributed by atoms with E-state index in [1.807, 2.05) is 29.6 Å². The molecule has 1 aromatic heterocycles. The van der Waals surface area contributed by atoms with Crippen molar-refractivity contribution in [2.24, 2.45) is 0 Å². The average molecular weight is 434 g/mol. The van der Waals surface area contributed by atoms with Crippen molar-refractivity contribution >= 4 is 51.5 Å². The van der Waals surface area contributed by atoms with E-state index in [4.69, 9.17) is 23.2 Å². The highest BCUT2D eigenvalue weighted by Crippen LogP contribution is 2.27. The maximum atomic E-state index is 12.3. The zero-order chi connectivity index (χ0) is 20.1. The number of nitrogens with one attached hydrogen (secondary N) is 2. The highest BCUT2D eigenvalue weighted by Gasteiger charge is 2.13. The highest BCUT2D eigenvalue weighted by atomic mass is 35.5. The number of hydrogen-bond donors (Lipinski definition) is 2. The number of hydrogen-bond acceptors (Lipinski definition) is 4. The van der Waals surface area contributed by atoms with E-state index >= 15 is 0 Å². The van der Waals surface area contributed by atoms with Gasteiger partial charge in [0.15, 0.2) is 5.13 Å². The molecule has 28 heavy (non-hydrogen) atoms. The van der Waals surface area contributed by atoms with E-state index in [2.05, 4.69) is 15.6 Å². The van der Waals surface area contributed by atoms with Crippen LogP contribution in [0.15, 0.2) is 47.8 Å². The Balaban J connectivity index is 1.64. The predicted molar refractivity (Wildman–Crippen MR) is 114 cm³/mol. The van der Waals surface area contributed by atoms with E-state index in [-0.39, 0.29) is 18.2 Å². The number of carbonyl (C=O) groups excluding carboxylic acids is 2. The Hall–Kier alpha value is -2.41. The quantitative estimate of drug-likeness (QED) is 0.578. The van der Waals surface area contributed by atoms with Gasteiger partial charge in [-0.1, -0.05) is 53.5 Å². The van der Waals surface area contributed by atoms with Crippen molar-refractivity contribution < 1.29 is 9.59 Å². The van der Waals surface area contributed by atoms with E-state index in [1.165, 1.54) is 18.3 Å². The van der Waals surface area contributed by atoms with Crippen LogP contribution in [0.5, 0.6) is 0 Å². The predicted octanol–water partition coefficient (Wildman–Crippen LogP) is 4.93. The van der Waals surface area contributed by atoms with Crippen molar-refractivity contribution in [3.8, 4) is 11.3 Å². The molecule has 0 unspecified atom stereocenters. The Morgan fingerprint density at radius 3 is 2.39 bits per heavy atom. The number of aromatic nitrogens is 1. The van der Waals surface area contributed by atoms with Gasteiger partial charge in [0.1, 0.15) is 0 Å². The van der Waals surface area contributed by atoms with Crippen LogP contribution in [0.2, 0.25) is 10.0 Å². The summed E-state index contributed by atoms with van der Waals surface area (Å²) in [4.78, 5) is 27.7. The molecule has 2 N–H and O–H groups in total. The topological polar surface area (TPSA) is 71.1 Å². The Bertz CT molecular complexity index is 983. The number of nitrogens with zero attached hydrogens (tertiary/aromatic N) is 1. The fourth-order valence-corrected chi connectivity index (χ4v) is 3.78. The van der Waals surface area contributed by atoms with E-state index in [0.717, 1.165) is 16.8 Å². The number of halogens is 2. The van der Waals surface area contributed by atoms with Gasteiger partial charge in [-0.2, -0.15) is 0 Å². The zero-order valence-electron chi connectivity index (χ0n) is 15.0. The van der Waals surface area contributed by atoms with Gasteiger partial charge in [0.2, 0.25) is 11.8 Å². The maximum absolute atomic E-state index is 12.3. The molecule has 0 aliphatic rings. The van der Waals surface area contributed by atoms with Gasteiger partial charge in [-0.15, -0.1) is 11.3 Å². The third-order valence-electron chi connectivity index (χ3n) is 3.94. The average Bonchev–Trinajstić information content (AvgIpc) is 3.12. The molecule has 0 saturated carbocycles. The summed E-state index contributed by atoms with van der Waals surface area (Å²) in [7, 11) is 0. The van der Waals surface area contributed by atoms with Crippen LogP contribution in [0.3, 0.4) is 0 Å². The molecule has 8 heteroatoms. The molecule has 0 fully saturated rings. The smallest absolute Gasteiger partial charge is 0.230 e. The van der Waals surface area contributed by atoms with Crippen molar-refractivity contribution in [2.75, 3.05) is 5.32 Å². The molecule has 0 bridgehead atoms. The van der Waals surface area contributed by atoms with Gasteiger partial charge in [-0.25, -0.2) is 4.98 Å². The van der Waals surface area contributed by atoms with Gasteiger partial charge in [-0.3, -0.25) is 9.59 Å². The second kappa shape index (κ2) is 9.19. The molecule has 3 aromatic rings. The summed E-state index contributed by atoms with van der Waals surface area (Å²) in [5.74, 6) is -0.302. The van der Waals surface area contributed by atoms with Crippen molar-refractivity contribution in [1.82, 2.24) is 10.3 Å². The van der Waals surface area contributed by atoms with E-state index in [9.17, 15) is 9.59 Å². The molecule has 3 rings (SSSR count). The normalized spacial score (nSPS) is 10.5. The lowest BCUT2D eigenvalue weighted by atomic mass is 10.1. The first-order valence-corrected chi connectivity index (χ1v) is 10.1. The molecule has 0 spiro atoms. The summed E-state index contributed by atoms with van der Waals surface area (Å²) in [5, 5.41) is 8.84. The Morgan fingerprint density at radius 1 is 1.07 bits per heavy atom. The number of amides is 2. The monoisotopic (exact) mass is 433 g/mol. The van der Waals surface area contributed by atoms with E-state index < -0.39 is 0 Å². The molecule has 144 valence electrons. The molecule has 2 amide bonds. The fraction of sp³-hybridized carbons (Fsp3) is 0.150. The number of rotatable bonds is 6. The van der Waals surface area contributed by atoms with Gasteiger partial charge in [-0.05, 0) is 23.3 Å². The van der Waals surface area contributed by atoms with Gasteiger partial charge >= 0.3 is 0 Å². The first-order chi connectivity index (χ1) is 13.4. The summed E-state index contributed by atoms with van der Waals surface area (Å²) in [5.41, 5.74) is 3.29. The second-order valence-electron chi connectivity index (χ2n) is 6.07. The van der Waals surface area contributed by atoms with Crippen LogP contribution in [0.4, 0.5) is 5.13 Å². The molecule has 0 aliphatic carbocycles. The van der Waals surface area contributed by atoms with Crippen LogP contribution in [0, 0.1) is 0 Å². The molecule has 1 heterocycles. The van der Waals surface area contributed by atoms with Gasteiger partial charge in [0, 0.05) is 34.5 Å². The lowest BCUT2D eigenvalue weighted by Crippen LogP contribution is -2.18. The minimum absolute atomic E-state index is 0.0676. The summed E-state index contributed by atoms with van der Waals surface area (Å²) in [6.45, 7) is 1.97. The standard InChI is InChI=1S/C20H17Cl2N3O2S/c1-12(26)23-10-13-5-7-14(8-6-13)18-11-28-20(24-18)25-19(27)9-15-16(21)3-2-4-17(15)22/h2-8,11H,9-10H2,1H3,(H,23,26)(H,24,25,27). The Kier molecular flexibility index (Phi) is 6.67. The van der Waals surface area contributed by atoms with Gasteiger partial charge in [0.05, 0.1) is 12.1 Å². The maximum Gasteiger partial charge on any atom is 0.230 e. The minimum Gasteiger partial charge on any atom is -0.352 e. The first-order valence-electron chi connectivity index (χ1n) is 8.44. The fourth-order valence-electron chi connectivity index (χ4n) is 2.51. The summed E-state index contributed by atoms with van der Waals surface area (Å²) in [6, 6.07) is 12.9. The van der Waals surface area contributed by atoms with Crippen LogP contribution in [0.25, 0.3) is 11.3 Å². The van der Waals surface area contributed by atoms with Crippen LogP contribution in [-0.4, -0.2) is 16.8 Å². The third kappa shape index (κ3) is 5.32. The molecule has 0 saturated heterocycles. The number of anilines is 1. The van der Waals surface area contributed by atoms with E-state index in [1.54, 1.807) is 18.2 Å². The SMILES string of the molecule is CC(=O)NCc1ccc(-c2csc(NC(=O)Cc3c(Cl)cccc3Cl)n2)cc1. The van der Waals surface area contributed by atoms with Crippen LogP contribution < -0.4 is 10.6 Å². The summed E-state index contributed by atoms with van der Waals surface area (Å²) < 4.78 is 0. The molecule has 0 atom stereocenters. The molecule has 0 aliphatic heterocycles. The van der Waals surface area contributed by atoms with Crippen molar-refractivity contribution in [3.05, 3.63) is 69.0 Å². The van der Waals surface area contributed by atoms with Crippen LogP contribution in [0.1, 0.15) is 18.1 Å². The highest BCUT2D eigenvalue weighted by molar-refractivity contribution is 7.14. The Morgan fingerprint density at radius 2 is 1.75 bits per heavy atom. The minimum atomic E-state index is -0.235. The Labute approximate surface area is 176 Å². The molecule has 2 aromatic carbocycles. The summed E-state index contributed by atoms with van der Waals surface area (Å²) in [6.07, 6.45) is 0.0747.